The zero-order chi connectivity index (χ0) is 13.6. The SMILES string of the molecule is CS(=O)(=O)NCCCNc1cncc(C(=O)O)n1. The van der Waals surface area contributed by atoms with Gasteiger partial charge in [-0.25, -0.2) is 22.9 Å². The highest BCUT2D eigenvalue weighted by molar-refractivity contribution is 7.88. The van der Waals surface area contributed by atoms with E-state index in [-0.39, 0.29) is 5.69 Å². The van der Waals surface area contributed by atoms with Crippen LogP contribution in [-0.4, -0.2) is 48.8 Å². The Hall–Kier alpha value is -1.74. The van der Waals surface area contributed by atoms with Gasteiger partial charge in [0.15, 0.2) is 5.69 Å². The number of hydrogen-bond acceptors (Lipinski definition) is 6. The summed E-state index contributed by atoms with van der Waals surface area (Å²) in [5.74, 6) is -0.806. The van der Waals surface area contributed by atoms with Gasteiger partial charge in [0.05, 0.1) is 18.6 Å². The summed E-state index contributed by atoms with van der Waals surface area (Å²) < 4.78 is 23.9. The number of carboxylic acid groups (broad SMARTS) is 1. The van der Waals surface area contributed by atoms with E-state index in [1.165, 1.54) is 6.20 Å². The third-order valence-corrected chi connectivity index (χ3v) is 2.61. The summed E-state index contributed by atoms with van der Waals surface area (Å²) in [5.41, 5.74) is -0.144. The number of nitrogens with one attached hydrogen (secondary N) is 2. The Balaban J connectivity index is 2.36. The molecule has 0 unspecified atom stereocenters. The monoisotopic (exact) mass is 274 g/mol. The Bertz CT molecular complexity index is 517. The summed E-state index contributed by atoms with van der Waals surface area (Å²) in [4.78, 5) is 18.2. The highest BCUT2D eigenvalue weighted by Gasteiger charge is 2.05. The first-order valence-corrected chi connectivity index (χ1v) is 7.01. The molecule has 18 heavy (non-hydrogen) atoms. The zero-order valence-corrected chi connectivity index (χ0v) is 10.6. The fourth-order valence-corrected chi connectivity index (χ4v) is 1.63. The lowest BCUT2D eigenvalue weighted by Gasteiger charge is -2.05. The van der Waals surface area contributed by atoms with E-state index >= 15 is 0 Å². The van der Waals surface area contributed by atoms with E-state index < -0.39 is 16.0 Å². The van der Waals surface area contributed by atoms with E-state index in [0.29, 0.717) is 25.3 Å². The van der Waals surface area contributed by atoms with Crippen LogP contribution < -0.4 is 10.0 Å². The Morgan fingerprint density at radius 1 is 1.39 bits per heavy atom. The van der Waals surface area contributed by atoms with Crippen molar-refractivity contribution in [2.45, 2.75) is 6.42 Å². The number of nitrogens with zero attached hydrogens (tertiary/aromatic N) is 2. The standard InChI is InChI=1S/C9H14N4O4S/c1-18(16,17)12-4-2-3-11-8-6-10-5-7(13-8)9(14)15/h5-6,12H,2-4H2,1H3,(H,11,13)(H,14,15). The summed E-state index contributed by atoms with van der Waals surface area (Å²) in [5, 5.41) is 11.6. The van der Waals surface area contributed by atoms with E-state index in [0.717, 1.165) is 12.5 Å². The second-order valence-electron chi connectivity index (χ2n) is 3.54. The molecule has 0 aliphatic carbocycles. The molecule has 3 N–H and O–H groups in total. The molecule has 1 aromatic rings. The van der Waals surface area contributed by atoms with Crippen LogP contribution in [0, 0.1) is 0 Å². The molecule has 0 amide bonds. The third-order valence-electron chi connectivity index (χ3n) is 1.88. The van der Waals surface area contributed by atoms with Crippen LogP contribution in [0.5, 0.6) is 0 Å². The fraction of sp³-hybridized carbons (Fsp3) is 0.444. The molecule has 0 spiro atoms. The molecule has 0 atom stereocenters. The van der Waals surface area contributed by atoms with Crippen molar-refractivity contribution in [1.82, 2.24) is 14.7 Å². The van der Waals surface area contributed by atoms with Gasteiger partial charge in [-0.3, -0.25) is 4.98 Å². The minimum atomic E-state index is -3.17. The van der Waals surface area contributed by atoms with Crippen molar-refractivity contribution in [1.29, 1.82) is 0 Å². The van der Waals surface area contributed by atoms with Gasteiger partial charge in [-0.05, 0) is 6.42 Å². The van der Waals surface area contributed by atoms with Gasteiger partial charge in [0.25, 0.3) is 0 Å². The first kappa shape index (κ1) is 14.3. The molecule has 1 heterocycles. The Morgan fingerprint density at radius 2 is 2.11 bits per heavy atom. The highest BCUT2D eigenvalue weighted by atomic mass is 32.2. The molecular weight excluding hydrogens is 260 g/mol. The Kier molecular flexibility index (Phi) is 4.98. The topological polar surface area (TPSA) is 121 Å². The van der Waals surface area contributed by atoms with Crippen molar-refractivity contribution in [3.63, 3.8) is 0 Å². The molecule has 0 saturated heterocycles. The van der Waals surface area contributed by atoms with Crippen LogP contribution in [0.3, 0.4) is 0 Å². The molecule has 0 fully saturated rings. The predicted molar refractivity (Wildman–Crippen MR) is 64.9 cm³/mol. The maximum Gasteiger partial charge on any atom is 0.356 e. The number of anilines is 1. The molecule has 100 valence electrons. The normalized spacial score (nSPS) is 11.2. The van der Waals surface area contributed by atoms with E-state index in [4.69, 9.17) is 5.11 Å². The summed E-state index contributed by atoms with van der Waals surface area (Å²) in [6.45, 7) is 0.762. The molecular formula is C9H14N4O4S. The Labute approximate surface area is 105 Å². The smallest absolute Gasteiger partial charge is 0.356 e. The quantitative estimate of drug-likeness (QED) is 0.574. The van der Waals surface area contributed by atoms with E-state index in [9.17, 15) is 13.2 Å². The van der Waals surface area contributed by atoms with Gasteiger partial charge in [-0.15, -0.1) is 0 Å². The van der Waals surface area contributed by atoms with Crippen molar-refractivity contribution in [3.8, 4) is 0 Å². The van der Waals surface area contributed by atoms with Gasteiger partial charge >= 0.3 is 5.97 Å². The molecule has 0 bridgehead atoms. The van der Waals surface area contributed by atoms with Crippen molar-refractivity contribution in [2.24, 2.45) is 0 Å². The molecule has 1 rings (SSSR count). The lowest BCUT2D eigenvalue weighted by molar-refractivity contribution is 0.0690. The summed E-state index contributed by atoms with van der Waals surface area (Å²) in [6.07, 6.45) is 4.18. The van der Waals surface area contributed by atoms with Gasteiger partial charge in [0.2, 0.25) is 10.0 Å². The lowest BCUT2D eigenvalue weighted by atomic mass is 10.4. The lowest BCUT2D eigenvalue weighted by Crippen LogP contribution is -2.24. The largest absolute Gasteiger partial charge is 0.476 e. The van der Waals surface area contributed by atoms with Gasteiger partial charge in [0, 0.05) is 13.1 Å². The molecule has 0 aliphatic rings. The van der Waals surface area contributed by atoms with Crippen molar-refractivity contribution >= 4 is 21.8 Å². The van der Waals surface area contributed by atoms with Crippen LogP contribution in [-0.2, 0) is 10.0 Å². The molecule has 0 radical (unpaired) electrons. The molecule has 9 heteroatoms. The average Bonchev–Trinajstić information content (AvgIpc) is 2.27. The van der Waals surface area contributed by atoms with Crippen LogP contribution in [0.2, 0.25) is 0 Å². The number of sulfonamides is 1. The maximum atomic E-state index is 10.8. The molecule has 0 aliphatic heterocycles. The first-order valence-electron chi connectivity index (χ1n) is 5.12. The van der Waals surface area contributed by atoms with E-state index in [1.807, 2.05) is 0 Å². The summed E-state index contributed by atoms with van der Waals surface area (Å²) in [7, 11) is -3.17. The minimum Gasteiger partial charge on any atom is -0.476 e. The second kappa shape index (κ2) is 6.26. The Morgan fingerprint density at radius 3 is 2.72 bits per heavy atom. The van der Waals surface area contributed by atoms with E-state index in [1.54, 1.807) is 0 Å². The zero-order valence-electron chi connectivity index (χ0n) is 9.75. The molecule has 1 aromatic heterocycles. The number of carbonyl (C=O) groups is 1. The maximum absolute atomic E-state index is 10.8. The number of carboxylic acids is 1. The van der Waals surface area contributed by atoms with Crippen LogP contribution >= 0.6 is 0 Å². The van der Waals surface area contributed by atoms with Crippen LogP contribution in [0.25, 0.3) is 0 Å². The average molecular weight is 274 g/mol. The van der Waals surface area contributed by atoms with Gasteiger partial charge < -0.3 is 10.4 Å². The molecule has 8 nitrogen and oxygen atoms in total. The molecule has 0 saturated carbocycles. The first-order chi connectivity index (χ1) is 8.38. The van der Waals surface area contributed by atoms with Gasteiger partial charge in [0.1, 0.15) is 5.82 Å². The predicted octanol–water partition coefficient (Wildman–Crippen LogP) is -0.474. The summed E-state index contributed by atoms with van der Waals surface area (Å²) >= 11 is 0. The number of aromatic carboxylic acids is 1. The van der Waals surface area contributed by atoms with Crippen molar-refractivity contribution in [3.05, 3.63) is 18.1 Å². The van der Waals surface area contributed by atoms with Crippen molar-refractivity contribution < 1.29 is 18.3 Å². The minimum absolute atomic E-state index is 0.144. The second-order valence-corrected chi connectivity index (χ2v) is 5.37. The third kappa shape index (κ3) is 5.55. The number of hydrogen-bond donors (Lipinski definition) is 3. The molecule has 0 aromatic carbocycles. The van der Waals surface area contributed by atoms with Crippen molar-refractivity contribution in [2.75, 3.05) is 24.7 Å². The van der Waals surface area contributed by atoms with Gasteiger partial charge in [-0.1, -0.05) is 0 Å². The van der Waals surface area contributed by atoms with Gasteiger partial charge in [-0.2, -0.15) is 0 Å². The van der Waals surface area contributed by atoms with Crippen LogP contribution in [0.1, 0.15) is 16.9 Å². The number of rotatable bonds is 7. The summed E-state index contributed by atoms with van der Waals surface area (Å²) in [6, 6.07) is 0. The highest BCUT2D eigenvalue weighted by Crippen LogP contribution is 2.01. The number of aromatic nitrogens is 2. The fourth-order valence-electron chi connectivity index (χ4n) is 1.12. The van der Waals surface area contributed by atoms with Crippen LogP contribution in [0.4, 0.5) is 5.82 Å². The van der Waals surface area contributed by atoms with E-state index in [2.05, 4.69) is 20.0 Å². The van der Waals surface area contributed by atoms with Crippen LogP contribution in [0.15, 0.2) is 12.4 Å².